The summed E-state index contributed by atoms with van der Waals surface area (Å²) < 4.78 is 0. The van der Waals surface area contributed by atoms with E-state index in [0.717, 1.165) is 39.3 Å². The largest absolute Gasteiger partial charge is 0.372 e. The van der Waals surface area contributed by atoms with Crippen molar-refractivity contribution >= 4 is 58.6 Å². The van der Waals surface area contributed by atoms with Gasteiger partial charge >= 0.3 is 0 Å². The molecule has 3 radical (unpaired) electrons. The van der Waals surface area contributed by atoms with Gasteiger partial charge in [-0.05, 0) is 114 Å². The fraction of sp³-hybridized carbons (Fsp3) is 0.400. The molecule has 0 aliphatic heterocycles. The van der Waals surface area contributed by atoms with Crippen molar-refractivity contribution in [3.05, 3.63) is 72.8 Å². The number of benzene rings is 3. The zero-order valence-corrected chi connectivity index (χ0v) is 27.4. The van der Waals surface area contributed by atoms with Crippen LogP contribution in [-0.2, 0) is 0 Å². The standard InChI is InChI=1S/C30H42N4.6FH.Sb/c1-7-31(8-2)25-13-19-28(20-14-25)34(29-21-15-26(16-22-29)32(9-3)10-4)30-23-17-27(18-24-30)33(11-5)12-6;;;;;;;/h13-24H,7-12H2,1-6H3;6*1H;. The minimum absolute atomic E-state index is 0. The summed E-state index contributed by atoms with van der Waals surface area (Å²) in [6.45, 7) is 19.3. The first-order chi connectivity index (χ1) is 16.6. The number of hydrogen-bond acceptors (Lipinski definition) is 4. The van der Waals surface area contributed by atoms with Crippen LogP contribution in [-0.4, -0.2) is 63.7 Å². The first-order valence-electron chi connectivity index (χ1n) is 12.9. The summed E-state index contributed by atoms with van der Waals surface area (Å²) in [4.78, 5) is 9.49. The second kappa shape index (κ2) is 23.9. The molecule has 3 aromatic rings. The Morgan fingerprint density at radius 3 is 0.610 bits per heavy atom. The fourth-order valence-corrected chi connectivity index (χ4v) is 4.65. The van der Waals surface area contributed by atoms with Gasteiger partial charge in [-0.3, -0.25) is 28.2 Å². The van der Waals surface area contributed by atoms with E-state index in [1.54, 1.807) is 0 Å². The first-order valence-corrected chi connectivity index (χ1v) is 12.9. The zero-order valence-electron chi connectivity index (χ0n) is 24.9. The average Bonchev–Trinajstić information content (AvgIpc) is 2.89. The third kappa shape index (κ3) is 11.6. The van der Waals surface area contributed by atoms with Gasteiger partial charge in [0.1, 0.15) is 0 Å². The molecule has 0 N–H and O–H groups in total. The maximum Gasteiger partial charge on any atom is 0.0463 e. The van der Waals surface area contributed by atoms with Crippen molar-refractivity contribution in [2.45, 2.75) is 41.5 Å². The molecule has 235 valence electrons. The number of anilines is 6. The van der Waals surface area contributed by atoms with Gasteiger partial charge in [-0.15, -0.1) is 0 Å². The van der Waals surface area contributed by atoms with Crippen LogP contribution in [0, 0.1) is 0 Å². The van der Waals surface area contributed by atoms with Crippen LogP contribution in [0.25, 0.3) is 0 Å². The van der Waals surface area contributed by atoms with Crippen LogP contribution in [0.3, 0.4) is 0 Å². The van der Waals surface area contributed by atoms with E-state index in [-0.39, 0.29) is 52.7 Å². The van der Waals surface area contributed by atoms with Gasteiger partial charge in [0, 0.05) is 97.8 Å². The summed E-state index contributed by atoms with van der Waals surface area (Å²) in [6, 6.07) is 26.9. The SMILES string of the molecule is CCN(CC)c1ccc(N(c2ccc(N(CC)CC)cc2)c2ccc(N(CC)CC)cc2)cc1.F.F.F.F.F.F.[Sb]. The van der Waals surface area contributed by atoms with E-state index in [2.05, 4.69) is 134 Å². The predicted octanol–water partition coefficient (Wildman–Crippen LogP) is 8.23. The van der Waals surface area contributed by atoms with Crippen LogP contribution in [0.1, 0.15) is 41.5 Å². The van der Waals surface area contributed by atoms with Crippen LogP contribution in [0.15, 0.2) is 72.8 Å². The Kier molecular flexibility index (Phi) is 28.0. The molecule has 4 nitrogen and oxygen atoms in total. The van der Waals surface area contributed by atoms with Crippen molar-refractivity contribution in [1.29, 1.82) is 0 Å². The summed E-state index contributed by atoms with van der Waals surface area (Å²) in [5.41, 5.74) is 7.30. The second-order valence-corrected chi connectivity index (χ2v) is 8.40. The number of nitrogens with zero attached hydrogens (tertiary/aromatic N) is 4. The van der Waals surface area contributed by atoms with Crippen LogP contribution < -0.4 is 19.6 Å². The molecule has 0 heterocycles. The van der Waals surface area contributed by atoms with Gasteiger partial charge < -0.3 is 19.6 Å². The van der Waals surface area contributed by atoms with Crippen LogP contribution in [0.2, 0.25) is 0 Å². The third-order valence-electron chi connectivity index (χ3n) is 6.71. The molecule has 0 bridgehead atoms. The quantitative estimate of drug-likeness (QED) is 0.140. The Labute approximate surface area is 259 Å². The van der Waals surface area contributed by atoms with Gasteiger partial charge in [0.25, 0.3) is 0 Å². The topological polar surface area (TPSA) is 13.0 Å². The van der Waals surface area contributed by atoms with Gasteiger partial charge in [0.2, 0.25) is 0 Å². The molecule has 0 aliphatic rings. The molecule has 11 heteroatoms. The Bertz CT molecular complexity index is 867. The van der Waals surface area contributed by atoms with Crippen LogP contribution in [0.4, 0.5) is 62.4 Å². The van der Waals surface area contributed by atoms with Crippen molar-refractivity contribution in [3.63, 3.8) is 0 Å². The van der Waals surface area contributed by atoms with E-state index in [1.165, 1.54) is 34.1 Å². The van der Waals surface area contributed by atoms with Crippen molar-refractivity contribution in [1.82, 2.24) is 0 Å². The smallest absolute Gasteiger partial charge is 0.0463 e. The minimum atomic E-state index is 0. The number of rotatable bonds is 12. The Morgan fingerprint density at radius 1 is 0.317 bits per heavy atom. The Balaban J connectivity index is -0.000000617. The molecule has 0 saturated carbocycles. The molecule has 0 spiro atoms. The molecule has 0 unspecified atom stereocenters. The van der Waals surface area contributed by atoms with Crippen molar-refractivity contribution in [2.75, 3.05) is 58.9 Å². The Hall–Kier alpha value is -2.74. The molecule has 0 atom stereocenters. The van der Waals surface area contributed by atoms with Crippen LogP contribution >= 0.6 is 0 Å². The number of halogens is 6. The molecule has 0 aliphatic carbocycles. The van der Waals surface area contributed by atoms with Crippen LogP contribution in [0.5, 0.6) is 0 Å². The maximum atomic E-state index is 2.38. The van der Waals surface area contributed by atoms with Gasteiger partial charge in [-0.2, -0.15) is 0 Å². The minimum Gasteiger partial charge on any atom is -0.372 e. The molecule has 0 aromatic heterocycles. The summed E-state index contributed by atoms with van der Waals surface area (Å²) >= 11 is 0. The zero-order chi connectivity index (χ0) is 24.5. The fourth-order valence-electron chi connectivity index (χ4n) is 4.65. The summed E-state index contributed by atoms with van der Waals surface area (Å²) in [5.74, 6) is 0. The summed E-state index contributed by atoms with van der Waals surface area (Å²) in [6.07, 6.45) is 0. The molecule has 41 heavy (non-hydrogen) atoms. The molecule has 3 rings (SSSR count). The summed E-state index contributed by atoms with van der Waals surface area (Å²) in [7, 11) is 0. The average molecular weight is 700 g/mol. The van der Waals surface area contributed by atoms with E-state index in [0.29, 0.717) is 0 Å². The van der Waals surface area contributed by atoms with E-state index < -0.39 is 0 Å². The van der Waals surface area contributed by atoms with Gasteiger partial charge in [-0.1, -0.05) is 0 Å². The maximum absolute atomic E-state index is 2.38. The monoisotopic (exact) mass is 699 g/mol. The molecule has 0 saturated heterocycles. The molecule has 0 amide bonds. The number of hydrogen-bond donors (Lipinski definition) is 0. The Morgan fingerprint density at radius 2 is 0.463 bits per heavy atom. The first kappa shape index (κ1) is 48.0. The third-order valence-corrected chi connectivity index (χ3v) is 6.71. The normalized spacial score (nSPS) is 8.93. The van der Waals surface area contributed by atoms with E-state index in [4.69, 9.17) is 0 Å². The van der Waals surface area contributed by atoms with E-state index >= 15 is 0 Å². The van der Waals surface area contributed by atoms with Gasteiger partial charge in [-0.25, -0.2) is 0 Å². The van der Waals surface area contributed by atoms with Gasteiger partial charge in [0.15, 0.2) is 0 Å². The van der Waals surface area contributed by atoms with Crippen molar-refractivity contribution in [3.8, 4) is 0 Å². The molecular formula is C30H48F6N4Sb. The second-order valence-electron chi connectivity index (χ2n) is 8.40. The van der Waals surface area contributed by atoms with E-state index in [9.17, 15) is 0 Å². The van der Waals surface area contributed by atoms with E-state index in [1.807, 2.05) is 0 Å². The van der Waals surface area contributed by atoms with Crippen molar-refractivity contribution in [2.24, 2.45) is 0 Å². The summed E-state index contributed by atoms with van der Waals surface area (Å²) in [5, 5.41) is 0. The van der Waals surface area contributed by atoms with Gasteiger partial charge in [0.05, 0.1) is 0 Å². The molecule has 3 aromatic carbocycles. The molecule has 0 fully saturated rings. The van der Waals surface area contributed by atoms with Crippen molar-refractivity contribution < 1.29 is 28.2 Å². The molecular weight excluding hydrogens is 652 g/mol. The predicted molar refractivity (Wildman–Crippen MR) is 173 cm³/mol.